The summed E-state index contributed by atoms with van der Waals surface area (Å²) in [5.74, 6) is -0.000212. The molecule has 4 nitrogen and oxygen atoms in total. The van der Waals surface area contributed by atoms with Crippen LogP contribution in [0.1, 0.15) is 68.4 Å². The Kier molecular flexibility index (Phi) is 7.80. The number of carbonyl (C=O) groups is 2. The Bertz CT molecular complexity index is 797. The van der Waals surface area contributed by atoms with Crippen LogP contribution in [0.25, 0.3) is 0 Å². The van der Waals surface area contributed by atoms with Gasteiger partial charge in [0.2, 0.25) is 5.91 Å². The fraction of sp³-hybridized carbons (Fsp3) is 0.417. The molecular formula is C24H32N2O2. The molecule has 2 aromatic rings. The molecule has 0 aromatic heterocycles. The lowest BCUT2D eigenvalue weighted by Crippen LogP contribution is -2.32. The first kappa shape index (κ1) is 21.7. The lowest BCUT2D eigenvalue weighted by Gasteiger charge is -2.17. The van der Waals surface area contributed by atoms with Crippen LogP contribution in [0.15, 0.2) is 48.5 Å². The van der Waals surface area contributed by atoms with Gasteiger partial charge in [-0.15, -0.1) is 0 Å². The molecule has 2 aromatic carbocycles. The number of amides is 2. The summed E-state index contributed by atoms with van der Waals surface area (Å²) in [6.07, 6.45) is 1.88. The predicted molar refractivity (Wildman–Crippen MR) is 116 cm³/mol. The highest BCUT2D eigenvalue weighted by atomic mass is 16.2. The summed E-state index contributed by atoms with van der Waals surface area (Å²) in [7, 11) is 0. The van der Waals surface area contributed by atoms with E-state index >= 15 is 0 Å². The number of nitrogens with one attached hydrogen (secondary N) is 2. The van der Waals surface area contributed by atoms with Crippen LogP contribution in [0.5, 0.6) is 0 Å². The van der Waals surface area contributed by atoms with Gasteiger partial charge in [0.1, 0.15) is 0 Å². The molecule has 0 aliphatic heterocycles. The molecule has 2 rings (SSSR count). The first-order valence-electron chi connectivity index (χ1n) is 10.1. The summed E-state index contributed by atoms with van der Waals surface area (Å²) in [6, 6.07) is 15.4. The van der Waals surface area contributed by atoms with E-state index in [1.165, 1.54) is 5.56 Å². The molecule has 150 valence electrons. The van der Waals surface area contributed by atoms with Crippen LogP contribution < -0.4 is 10.6 Å². The third-order valence-corrected chi connectivity index (χ3v) is 4.94. The highest BCUT2D eigenvalue weighted by Gasteiger charge is 2.19. The van der Waals surface area contributed by atoms with E-state index in [1.807, 2.05) is 39.0 Å². The largest absolute Gasteiger partial charge is 0.350 e. The highest BCUT2D eigenvalue weighted by Crippen LogP contribution is 2.22. The second-order valence-corrected chi connectivity index (χ2v) is 7.88. The number of hydrogen-bond acceptors (Lipinski definition) is 2. The zero-order chi connectivity index (χ0) is 20.7. The number of carbonyl (C=O) groups excluding carboxylic acids is 2. The number of hydrogen-bond donors (Lipinski definition) is 2. The van der Waals surface area contributed by atoms with E-state index in [0.717, 1.165) is 18.4 Å². The van der Waals surface area contributed by atoms with Crippen molar-refractivity contribution in [1.29, 1.82) is 0 Å². The van der Waals surface area contributed by atoms with Gasteiger partial charge in [0, 0.05) is 6.04 Å². The van der Waals surface area contributed by atoms with Crippen LogP contribution in [0.4, 0.5) is 5.69 Å². The number of benzene rings is 2. The first-order chi connectivity index (χ1) is 13.3. The maximum atomic E-state index is 12.8. The third kappa shape index (κ3) is 5.95. The van der Waals surface area contributed by atoms with E-state index in [4.69, 9.17) is 0 Å². The van der Waals surface area contributed by atoms with E-state index in [-0.39, 0.29) is 23.8 Å². The molecular weight excluding hydrogens is 348 g/mol. The smallest absolute Gasteiger partial charge is 0.253 e. The zero-order valence-corrected chi connectivity index (χ0v) is 17.6. The molecule has 0 saturated carbocycles. The Morgan fingerprint density at radius 3 is 2.18 bits per heavy atom. The first-order valence-corrected chi connectivity index (χ1v) is 10.1. The van der Waals surface area contributed by atoms with Crippen LogP contribution >= 0.6 is 0 Å². The monoisotopic (exact) mass is 380 g/mol. The van der Waals surface area contributed by atoms with Crippen molar-refractivity contribution >= 4 is 17.5 Å². The van der Waals surface area contributed by atoms with Gasteiger partial charge in [-0.05, 0) is 55.9 Å². The average Bonchev–Trinajstić information content (AvgIpc) is 2.67. The van der Waals surface area contributed by atoms with Crippen molar-refractivity contribution in [2.24, 2.45) is 5.92 Å². The summed E-state index contributed by atoms with van der Waals surface area (Å²) < 4.78 is 0. The normalized spacial score (nSPS) is 13.1. The van der Waals surface area contributed by atoms with E-state index < -0.39 is 0 Å². The molecule has 0 heterocycles. The quantitative estimate of drug-likeness (QED) is 0.665. The Morgan fingerprint density at radius 2 is 1.57 bits per heavy atom. The summed E-state index contributed by atoms with van der Waals surface area (Å²) in [5.41, 5.74) is 3.26. The predicted octanol–water partition coefficient (Wildman–Crippen LogP) is 5.16. The zero-order valence-electron chi connectivity index (χ0n) is 17.6. The average molecular weight is 381 g/mol. The summed E-state index contributed by atoms with van der Waals surface area (Å²) in [4.78, 5) is 25.3. The van der Waals surface area contributed by atoms with E-state index in [2.05, 4.69) is 36.6 Å². The van der Waals surface area contributed by atoms with Gasteiger partial charge in [0.15, 0.2) is 0 Å². The number of para-hydroxylation sites is 1. The Labute approximate surface area is 168 Å². The Morgan fingerprint density at radius 1 is 0.929 bits per heavy atom. The van der Waals surface area contributed by atoms with E-state index in [0.29, 0.717) is 17.2 Å². The standard InChI is InChI=1S/C24H32N2O2/c1-6-17(4)25-24(28)21-9-7-8-10-22(21)26-23(27)18(5)20-13-11-19(12-14-20)15-16(2)3/h7-14,16-18H,6,15H2,1-5H3,(H,25,28)(H,26,27). The second-order valence-electron chi connectivity index (χ2n) is 7.88. The van der Waals surface area contributed by atoms with Crippen LogP contribution in [0, 0.1) is 5.92 Å². The van der Waals surface area contributed by atoms with E-state index in [1.54, 1.807) is 18.2 Å². The molecule has 2 atom stereocenters. The fourth-order valence-corrected chi connectivity index (χ4v) is 3.00. The second kappa shape index (κ2) is 10.1. The summed E-state index contributed by atoms with van der Waals surface area (Å²) in [5, 5.41) is 5.88. The van der Waals surface area contributed by atoms with Crippen LogP contribution in [-0.4, -0.2) is 17.9 Å². The Hall–Kier alpha value is -2.62. The molecule has 0 radical (unpaired) electrons. The topological polar surface area (TPSA) is 58.2 Å². The van der Waals surface area contributed by atoms with Gasteiger partial charge in [0.05, 0.1) is 17.2 Å². The molecule has 2 unspecified atom stereocenters. The molecule has 0 saturated heterocycles. The van der Waals surface area contributed by atoms with Crippen molar-refractivity contribution < 1.29 is 9.59 Å². The maximum absolute atomic E-state index is 12.8. The summed E-state index contributed by atoms with van der Waals surface area (Å²) in [6.45, 7) is 10.3. The van der Waals surface area contributed by atoms with Crippen molar-refractivity contribution in [3.05, 3.63) is 65.2 Å². The molecule has 28 heavy (non-hydrogen) atoms. The molecule has 2 N–H and O–H groups in total. The molecule has 2 amide bonds. The minimum absolute atomic E-state index is 0.0829. The Balaban J connectivity index is 2.11. The van der Waals surface area contributed by atoms with E-state index in [9.17, 15) is 9.59 Å². The number of anilines is 1. The fourth-order valence-electron chi connectivity index (χ4n) is 3.00. The van der Waals surface area contributed by atoms with Gasteiger partial charge in [-0.3, -0.25) is 9.59 Å². The molecule has 4 heteroatoms. The van der Waals surface area contributed by atoms with Crippen molar-refractivity contribution in [3.63, 3.8) is 0 Å². The van der Waals surface area contributed by atoms with Gasteiger partial charge < -0.3 is 10.6 Å². The van der Waals surface area contributed by atoms with Crippen molar-refractivity contribution in [2.45, 2.75) is 59.4 Å². The van der Waals surface area contributed by atoms with Crippen molar-refractivity contribution in [3.8, 4) is 0 Å². The highest BCUT2D eigenvalue weighted by molar-refractivity contribution is 6.05. The molecule has 0 bridgehead atoms. The van der Waals surface area contributed by atoms with Crippen LogP contribution in [0.2, 0.25) is 0 Å². The maximum Gasteiger partial charge on any atom is 0.253 e. The van der Waals surface area contributed by atoms with Gasteiger partial charge in [-0.2, -0.15) is 0 Å². The van der Waals surface area contributed by atoms with Crippen molar-refractivity contribution in [2.75, 3.05) is 5.32 Å². The lowest BCUT2D eigenvalue weighted by atomic mass is 9.96. The van der Waals surface area contributed by atoms with Crippen molar-refractivity contribution in [1.82, 2.24) is 5.32 Å². The summed E-state index contributed by atoms with van der Waals surface area (Å²) >= 11 is 0. The third-order valence-electron chi connectivity index (χ3n) is 4.94. The van der Waals surface area contributed by atoms with Gasteiger partial charge in [0.25, 0.3) is 5.91 Å². The lowest BCUT2D eigenvalue weighted by molar-refractivity contribution is -0.117. The molecule has 0 spiro atoms. The molecule has 0 aliphatic carbocycles. The van der Waals surface area contributed by atoms with Crippen LogP contribution in [-0.2, 0) is 11.2 Å². The molecule has 0 aliphatic rings. The minimum Gasteiger partial charge on any atom is -0.350 e. The SMILES string of the molecule is CCC(C)NC(=O)c1ccccc1NC(=O)C(C)c1ccc(CC(C)C)cc1. The van der Waals surface area contributed by atoms with Gasteiger partial charge in [-0.1, -0.05) is 57.2 Å². The minimum atomic E-state index is -0.307. The van der Waals surface area contributed by atoms with Crippen LogP contribution in [0.3, 0.4) is 0 Å². The van der Waals surface area contributed by atoms with Gasteiger partial charge in [-0.25, -0.2) is 0 Å². The number of rotatable bonds is 8. The van der Waals surface area contributed by atoms with Gasteiger partial charge >= 0.3 is 0 Å². The molecule has 0 fully saturated rings.